The van der Waals surface area contributed by atoms with Crippen LogP contribution in [-0.4, -0.2) is 30.1 Å². The van der Waals surface area contributed by atoms with Crippen LogP contribution in [0.25, 0.3) is 0 Å². The molecule has 0 radical (unpaired) electrons. The van der Waals surface area contributed by atoms with Gasteiger partial charge in [-0.05, 0) is 12.5 Å². The van der Waals surface area contributed by atoms with Gasteiger partial charge in [-0.2, -0.15) is 0 Å². The van der Waals surface area contributed by atoms with Crippen LogP contribution in [0.2, 0.25) is 0 Å². The Morgan fingerprint density at radius 2 is 2.24 bits per heavy atom. The molecule has 6 nitrogen and oxygen atoms in total. The summed E-state index contributed by atoms with van der Waals surface area (Å²) in [4.78, 5) is 21.8. The van der Waals surface area contributed by atoms with Crippen molar-refractivity contribution in [1.29, 1.82) is 0 Å². The first-order valence-corrected chi connectivity index (χ1v) is 5.41. The summed E-state index contributed by atoms with van der Waals surface area (Å²) >= 11 is 0. The number of carbonyl (C=O) groups excluding carboxylic acids is 1. The van der Waals surface area contributed by atoms with E-state index in [4.69, 9.17) is 9.52 Å². The normalized spacial score (nSPS) is 10.2. The second kappa shape index (κ2) is 6.70. The first kappa shape index (κ1) is 13.2. The summed E-state index contributed by atoms with van der Waals surface area (Å²) in [7, 11) is 0. The molecule has 1 heterocycles. The third-order valence-corrected chi connectivity index (χ3v) is 2.06. The van der Waals surface area contributed by atoms with Crippen molar-refractivity contribution < 1.29 is 19.1 Å². The number of furan rings is 1. The van der Waals surface area contributed by atoms with Crippen molar-refractivity contribution in [2.45, 2.75) is 19.9 Å². The van der Waals surface area contributed by atoms with Crippen molar-refractivity contribution in [2.75, 3.05) is 13.1 Å². The van der Waals surface area contributed by atoms with Crippen LogP contribution in [0, 0.1) is 0 Å². The van der Waals surface area contributed by atoms with Crippen molar-refractivity contribution >= 4 is 11.9 Å². The fourth-order valence-electron chi connectivity index (χ4n) is 1.21. The number of carbonyl (C=O) groups is 2. The quantitative estimate of drug-likeness (QED) is 0.649. The zero-order valence-corrected chi connectivity index (χ0v) is 9.66. The van der Waals surface area contributed by atoms with Gasteiger partial charge in [0.05, 0.1) is 18.7 Å². The zero-order valence-electron chi connectivity index (χ0n) is 9.66. The predicted molar refractivity (Wildman–Crippen MR) is 60.7 cm³/mol. The van der Waals surface area contributed by atoms with E-state index in [1.165, 1.54) is 12.3 Å². The van der Waals surface area contributed by atoms with Gasteiger partial charge >= 0.3 is 5.97 Å². The number of carboxylic acid groups (broad SMARTS) is 1. The Morgan fingerprint density at radius 3 is 2.82 bits per heavy atom. The molecule has 1 aromatic rings. The smallest absolute Gasteiger partial charge is 0.338 e. The van der Waals surface area contributed by atoms with Crippen LogP contribution >= 0.6 is 0 Å². The second-order valence-electron chi connectivity index (χ2n) is 3.56. The topological polar surface area (TPSA) is 91.6 Å². The number of amides is 1. The molecule has 0 fully saturated rings. The van der Waals surface area contributed by atoms with E-state index in [0.29, 0.717) is 18.8 Å². The molecule has 0 aliphatic carbocycles. The summed E-state index contributed by atoms with van der Waals surface area (Å²) in [6.45, 7) is 3.14. The average molecular weight is 240 g/mol. The number of nitrogens with one attached hydrogen (secondary N) is 2. The van der Waals surface area contributed by atoms with E-state index in [0.717, 1.165) is 6.42 Å². The van der Waals surface area contributed by atoms with Gasteiger partial charge in [-0.25, -0.2) is 4.79 Å². The largest absolute Gasteiger partial charge is 0.478 e. The van der Waals surface area contributed by atoms with Crippen molar-refractivity contribution in [2.24, 2.45) is 0 Å². The molecule has 0 aliphatic heterocycles. The Labute approximate surface area is 99.0 Å². The van der Waals surface area contributed by atoms with Crippen molar-refractivity contribution in [3.8, 4) is 0 Å². The molecule has 0 aromatic carbocycles. The molecule has 1 amide bonds. The first-order chi connectivity index (χ1) is 8.13. The zero-order chi connectivity index (χ0) is 12.7. The van der Waals surface area contributed by atoms with Gasteiger partial charge < -0.3 is 20.2 Å². The molecule has 0 unspecified atom stereocenters. The maximum Gasteiger partial charge on any atom is 0.338 e. The highest BCUT2D eigenvalue weighted by molar-refractivity contribution is 5.87. The van der Waals surface area contributed by atoms with Gasteiger partial charge in [0.25, 0.3) is 0 Å². The molecule has 1 aromatic heterocycles. The van der Waals surface area contributed by atoms with Crippen molar-refractivity contribution in [3.63, 3.8) is 0 Å². The highest BCUT2D eigenvalue weighted by atomic mass is 16.4. The Hall–Kier alpha value is -1.82. The first-order valence-electron chi connectivity index (χ1n) is 5.41. The van der Waals surface area contributed by atoms with Gasteiger partial charge in [0.2, 0.25) is 5.91 Å². The maximum absolute atomic E-state index is 11.2. The molecule has 1 rings (SSSR count). The van der Waals surface area contributed by atoms with Crippen molar-refractivity contribution in [1.82, 2.24) is 10.6 Å². The third-order valence-electron chi connectivity index (χ3n) is 2.06. The lowest BCUT2D eigenvalue weighted by atomic mass is 10.3. The lowest BCUT2D eigenvalue weighted by molar-refractivity contribution is -0.120. The van der Waals surface area contributed by atoms with Gasteiger partial charge in [-0.3, -0.25) is 4.79 Å². The summed E-state index contributed by atoms with van der Waals surface area (Å²) < 4.78 is 5.01. The minimum atomic E-state index is -1.03. The highest BCUT2D eigenvalue weighted by Gasteiger charge is 2.08. The second-order valence-corrected chi connectivity index (χ2v) is 3.56. The number of rotatable bonds is 7. The lowest BCUT2D eigenvalue weighted by Gasteiger charge is -2.03. The molecule has 0 bridgehead atoms. The van der Waals surface area contributed by atoms with Crippen LogP contribution in [0.15, 0.2) is 16.7 Å². The van der Waals surface area contributed by atoms with Gasteiger partial charge in [0.1, 0.15) is 12.0 Å². The lowest BCUT2D eigenvalue weighted by Crippen LogP contribution is -2.33. The van der Waals surface area contributed by atoms with E-state index in [1.54, 1.807) is 0 Å². The fraction of sp³-hybridized carbons (Fsp3) is 0.455. The molecular weight excluding hydrogens is 224 g/mol. The molecule has 0 atom stereocenters. The van der Waals surface area contributed by atoms with E-state index >= 15 is 0 Å². The molecule has 0 aliphatic rings. The Morgan fingerprint density at radius 1 is 1.47 bits per heavy atom. The molecule has 3 N–H and O–H groups in total. The van der Waals surface area contributed by atoms with E-state index in [9.17, 15) is 9.59 Å². The van der Waals surface area contributed by atoms with Crippen LogP contribution in [0.1, 0.15) is 29.5 Å². The number of hydrogen-bond acceptors (Lipinski definition) is 4. The van der Waals surface area contributed by atoms with Gasteiger partial charge in [-0.1, -0.05) is 6.92 Å². The Balaban J connectivity index is 2.26. The summed E-state index contributed by atoms with van der Waals surface area (Å²) in [6, 6.07) is 1.43. The van der Waals surface area contributed by atoms with Crippen LogP contribution in [0.3, 0.4) is 0 Å². The predicted octanol–water partition coefficient (Wildman–Crippen LogP) is 0.594. The maximum atomic E-state index is 11.2. The summed E-state index contributed by atoms with van der Waals surface area (Å²) in [5.41, 5.74) is 0.109. The van der Waals surface area contributed by atoms with E-state index < -0.39 is 5.97 Å². The summed E-state index contributed by atoms with van der Waals surface area (Å²) in [5, 5.41) is 14.2. The average Bonchev–Trinajstić information content (AvgIpc) is 2.75. The van der Waals surface area contributed by atoms with Crippen LogP contribution in [0.4, 0.5) is 0 Å². The SMILES string of the molecule is CCCNC(=O)CNCc1cc(C(=O)O)co1. The minimum absolute atomic E-state index is 0.0862. The molecule has 0 spiro atoms. The number of hydrogen-bond donors (Lipinski definition) is 3. The number of aromatic carboxylic acids is 1. The monoisotopic (exact) mass is 240 g/mol. The molecule has 0 saturated heterocycles. The van der Waals surface area contributed by atoms with Crippen LogP contribution < -0.4 is 10.6 Å². The summed E-state index contributed by atoms with van der Waals surface area (Å²) in [5.74, 6) is -0.622. The highest BCUT2D eigenvalue weighted by Crippen LogP contribution is 2.06. The Kier molecular flexibility index (Phi) is 5.22. The van der Waals surface area contributed by atoms with E-state index in [2.05, 4.69) is 10.6 Å². The molecular formula is C11H16N2O4. The van der Waals surface area contributed by atoms with Gasteiger partial charge in [0.15, 0.2) is 0 Å². The van der Waals surface area contributed by atoms with Crippen LogP contribution in [0.5, 0.6) is 0 Å². The van der Waals surface area contributed by atoms with Crippen LogP contribution in [-0.2, 0) is 11.3 Å². The standard InChI is InChI=1S/C11H16N2O4/c1-2-3-13-10(14)6-12-5-9-4-8(7-17-9)11(15)16/h4,7,12H,2-3,5-6H2,1H3,(H,13,14)(H,15,16). The molecule has 17 heavy (non-hydrogen) atoms. The third kappa shape index (κ3) is 4.69. The molecule has 6 heteroatoms. The van der Waals surface area contributed by atoms with Gasteiger partial charge in [0, 0.05) is 6.54 Å². The number of carboxylic acids is 1. The molecule has 94 valence electrons. The van der Waals surface area contributed by atoms with Crippen molar-refractivity contribution in [3.05, 3.63) is 23.7 Å². The fourth-order valence-corrected chi connectivity index (χ4v) is 1.21. The summed E-state index contributed by atoms with van der Waals surface area (Å²) in [6.07, 6.45) is 2.07. The minimum Gasteiger partial charge on any atom is -0.478 e. The van der Waals surface area contributed by atoms with E-state index in [-0.39, 0.29) is 18.0 Å². The Bertz CT molecular complexity index is 387. The van der Waals surface area contributed by atoms with Gasteiger partial charge in [-0.15, -0.1) is 0 Å². The molecule has 0 saturated carbocycles. The van der Waals surface area contributed by atoms with E-state index in [1.807, 2.05) is 6.92 Å².